The Labute approximate surface area is 137 Å². The van der Waals surface area contributed by atoms with Crippen LogP contribution in [0, 0.1) is 6.92 Å². The van der Waals surface area contributed by atoms with Crippen LogP contribution < -0.4 is 5.32 Å². The van der Waals surface area contributed by atoms with Gasteiger partial charge >= 0.3 is 5.97 Å². The predicted molar refractivity (Wildman–Crippen MR) is 87.3 cm³/mol. The molecule has 1 heterocycles. The molecule has 1 amide bonds. The molecule has 0 aliphatic heterocycles. The van der Waals surface area contributed by atoms with Crippen molar-refractivity contribution < 1.29 is 14.7 Å². The Hall–Kier alpha value is -1.38. The van der Waals surface area contributed by atoms with E-state index in [1.807, 2.05) is 18.2 Å². The number of thioether (sulfide) groups is 1. The Bertz CT molecular complexity index is 688. The third-order valence-corrected chi connectivity index (χ3v) is 5.43. The number of hydrogen-bond donors (Lipinski definition) is 2. The zero-order valence-electron chi connectivity index (χ0n) is 10.9. The number of carboxylic acids is 1. The van der Waals surface area contributed by atoms with Crippen molar-refractivity contribution in [3.8, 4) is 0 Å². The van der Waals surface area contributed by atoms with Crippen LogP contribution in [0.4, 0.5) is 5.69 Å². The van der Waals surface area contributed by atoms with Gasteiger partial charge in [0.15, 0.2) is 4.34 Å². The summed E-state index contributed by atoms with van der Waals surface area (Å²) in [5.74, 6) is -0.987. The molecule has 0 aliphatic carbocycles. The summed E-state index contributed by atoms with van der Waals surface area (Å²) in [4.78, 5) is 27.2. The van der Waals surface area contributed by atoms with Crippen molar-refractivity contribution >= 4 is 56.6 Å². The predicted octanol–water partition coefficient (Wildman–Crippen LogP) is 3.64. The number of nitrogens with zero attached hydrogens (tertiary/aromatic N) is 1. The van der Waals surface area contributed by atoms with E-state index < -0.39 is 5.97 Å². The number of thiazole rings is 1. The van der Waals surface area contributed by atoms with E-state index in [0.717, 1.165) is 15.8 Å². The quantitative estimate of drug-likeness (QED) is 0.766. The van der Waals surface area contributed by atoms with E-state index in [2.05, 4.69) is 26.2 Å². The van der Waals surface area contributed by atoms with Gasteiger partial charge < -0.3 is 10.4 Å². The number of rotatable bonds is 5. The fourth-order valence-electron chi connectivity index (χ4n) is 1.51. The van der Waals surface area contributed by atoms with Crippen LogP contribution in [0.3, 0.4) is 0 Å². The van der Waals surface area contributed by atoms with E-state index >= 15 is 0 Å². The van der Waals surface area contributed by atoms with Crippen molar-refractivity contribution in [1.82, 2.24) is 4.98 Å². The van der Waals surface area contributed by atoms with Gasteiger partial charge in [-0.05, 0) is 35.0 Å². The minimum absolute atomic E-state index is 0.170. The van der Waals surface area contributed by atoms with Gasteiger partial charge in [0.1, 0.15) is 4.88 Å². The molecular weight excluding hydrogens is 376 g/mol. The first-order valence-corrected chi connectivity index (χ1v) is 8.45. The molecule has 2 N–H and O–H groups in total. The molecule has 0 saturated carbocycles. The van der Waals surface area contributed by atoms with Gasteiger partial charge in [0.2, 0.25) is 5.91 Å². The van der Waals surface area contributed by atoms with Crippen LogP contribution in [0.5, 0.6) is 0 Å². The summed E-state index contributed by atoms with van der Waals surface area (Å²) >= 11 is 5.66. The number of halogens is 1. The Morgan fingerprint density at radius 3 is 2.76 bits per heavy atom. The molecule has 0 radical (unpaired) electrons. The number of carbonyl (C=O) groups is 2. The lowest BCUT2D eigenvalue weighted by atomic mass is 10.3. The largest absolute Gasteiger partial charge is 0.477 e. The number of aromatic nitrogens is 1. The van der Waals surface area contributed by atoms with Gasteiger partial charge in [-0.3, -0.25) is 4.79 Å². The first-order valence-electron chi connectivity index (χ1n) is 5.85. The van der Waals surface area contributed by atoms with Gasteiger partial charge in [-0.2, -0.15) is 0 Å². The highest BCUT2D eigenvalue weighted by atomic mass is 79.9. The van der Waals surface area contributed by atoms with Crippen LogP contribution in [-0.4, -0.2) is 27.7 Å². The highest BCUT2D eigenvalue weighted by molar-refractivity contribution is 9.10. The Balaban J connectivity index is 1.94. The summed E-state index contributed by atoms with van der Waals surface area (Å²) < 4.78 is 1.38. The number of hydrogen-bond acceptors (Lipinski definition) is 5. The third-order valence-electron chi connectivity index (χ3n) is 2.45. The topological polar surface area (TPSA) is 79.3 Å². The van der Waals surface area contributed by atoms with Gasteiger partial charge in [-0.15, -0.1) is 11.3 Å². The van der Waals surface area contributed by atoms with Gasteiger partial charge in [0.25, 0.3) is 0 Å². The number of amides is 1. The number of nitrogens with one attached hydrogen (secondary N) is 1. The Kier molecular flexibility index (Phi) is 5.38. The molecule has 1 aromatic carbocycles. The first-order chi connectivity index (χ1) is 9.97. The molecule has 0 bridgehead atoms. The van der Waals surface area contributed by atoms with Crippen LogP contribution >= 0.6 is 39.0 Å². The summed E-state index contributed by atoms with van der Waals surface area (Å²) in [5.41, 5.74) is 1.17. The normalized spacial score (nSPS) is 10.4. The minimum Gasteiger partial charge on any atom is -0.477 e. The summed E-state index contributed by atoms with van der Waals surface area (Å²) in [6.07, 6.45) is 0. The van der Waals surface area contributed by atoms with Crippen molar-refractivity contribution in [2.24, 2.45) is 0 Å². The van der Waals surface area contributed by atoms with Gasteiger partial charge in [0, 0.05) is 4.47 Å². The maximum Gasteiger partial charge on any atom is 0.347 e. The summed E-state index contributed by atoms with van der Waals surface area (Å²) in [6.45, 7) is 1.64. The monoisotopic (exact) mass is 386 g/mol. The second kappa shape index (κ2) is 7.06. The number of para-hydroxylation sites is 1. The standard InChI is InChI=1S/C13H11BrN2O3S2/c1-7-11(12(18)19)21-13(15-7)20-6-10(17)16-9-5-3-2-4-8(9)14/h2-5H,6H2,1H3,(H,16,17)(H,18,19). The van der Waals surface area contributed by atoms with Gasteiger partial charge in [-0.25, -0.2) is 9.78 Å². The molecule has 5 nitrogen and oxygen atoms in total. The van der Waals surface area contributed by atoms with Gasteiger partial charge in [0.05, 0.1) is 17.1 Å². The van der Waals surface area contributed by atoms with Crippen LogP contribution in [0.25, 0.3) is 0 Å². The molecule has 0 fully saturated rings. The molecule has 0 aliphatic rings. The zero-order valence-corrected chi connectivity index (χ0v) is 14.1. The van der Waals surface area contributed by atoms with Crippen molar-refractivity contribution in [2.45, 2.75) is 11.3 Å². The highest BCUT2D eigenvalue weighted by Gasteiger charge is 2.15. The SMILES string of the molecule is Cc1nc(SCC(=O)Nc2ccccc2Br)sc1C(=O)O. The number of carbonyl (C=O) groups excluding carboxylic acids is 1. The molecule has 2 rings (SSSR count). The Morgan fingerprint density at radius 1 is 1.43 bits per heavy atom. The molecule has 2 aromatic rings. The maximum absolute atomic E-state index is 11.9. The van der Waals surface area contributed by atoms with E-state index in [1.165, 1.54) is 11.8 Å². The molecular formula is C13H11BrN2O3S2. The van der Waals surface area contributed by atoms with Crippen molar-refractivity contribution in [1.29, 1.82) is 0 Å². The lowest BCUT2D eigenvalue weighted by Gasteiger charge is -2.05. The molecule has 110 valence electrons. The first kappa shape index (κ1) is 16.0. The number of anilines is 1. The number of aryl methyl sites for hydroxylation is 1. The molecule has 0 atom stereocenters. The minimum atomic E-state index is -0.991. The van der Waals surface area contributed by atoms with Crippen LogP contribution in [0.15, 0.2) is 33.1 Å². The lowest BCUT2D eigenvalue weighted by Crippen LogP contribution is -2.14. The molecule has 1 aromatic heterocycles. The third kappa shape index (κ3) is 4.29. The Morgan fingerprint density at radius 2 is 2.14 bits per heavy atom. The smallest absolute Gasteiger partial charge is 0.347 e. The van der Waals surface area contributed by atoms with E-state index in [9.17, 15) is 9.59 Å². The number of carboxylic acid groups (broad SMARTS) is 1. The van der Waals surface area contributed by atoms with Crippen molar-refractivity contribution in [3.63, 3.8) is 0 Å². The summed E-state index contributed by atoms with van der Waals surface area (Å²) in [7, 11) is 0. The molecule has 8 heteroatoms. The second-order valence-corrected chi connectivity index (χ2v) is 7.09. The zero-order chi connectivity index (χ0) is 15.4. The molecule has 21 heavy (non-hydrogen) atoms. The average molecular weight is 387 g/mol. The fourth-order valence-corrected chi connectivity index (χ4v) is 3.72. The van der Waals surface area contributed by atoms with E-state index in [-0.39, 0.29) is 16.5 Å². The van der Waals surface area contributed by atoms with E-state index in [0.29, 0.717) is 15.7 Å². The molecule has 0 saturated heterocycles. The van der Waals surface area contributed by atoms with Crippen LogP contribution in [0.2, 0.25) is 0 Å². The molecule has 0 unspecified atom stereocenters. The fraction of sp³-hybridized carbons (Fsp3) is 0.154. The second-order valence-electron chi connectivity index (χ2n) is 4.02. The van der Waals surface area contributed by atoms with Gasteiger partial charge in [-0.1, -0.05) is 23.9 Å². The van der Waals surface area contributed by atoms with Crippen LogP contribution in [-0.2, 0) is 4.79 Å². The summed E-state index contributed by atoms with van der Waals surface area (Å²) in [5, 5.41) is 11.7. The van der Waals surface area contributed by atoms with Crippen molar-refractivity contribution in [2.75, 3.05) is 11.1 Å². The maximum atomic E-state index is 11.9. The average Bonchev–Trinajstić information content (AvgIpc) is 2.80. The summed E-state index contributed by atoms with van der Waals surface area (Å²) in [6, 6.07) is 7.33. The molecule has 0 spiro atoms. The van der Waals surface area contributed by atoms with E-state index in [4.69, 9.17) is 5.11 Å². The number of benzene rings is 1. The highest BCUT2D eigenvalue weighted by Crippen LogP contribution is 2.27. The lowest BCUT2D eigenvalue weighted by molar-refractivity contribution is -0.113. The van der Waals surface area contributed by atoms with Crippen molar-refractivity contribution in [3.05, 3.63) is 39.3 Å². The van der Waals surface area contributed by atoms with Crippen LogP contribution in [0.1, 0.15) is 15.4 Å². The van der Waals surface area contributed by atoms with E-state index in [1.54, 1.807) is 13.0 Å². The number of aromatic carboxylic acids is 1.